The second-order valence-corrected chi connectivity index (χ2v) is 3.07. The molecule has 2 bridgehead atoms. The van der Waals surface area contributed by atoms with Crippen molar-refractivity contribution in [3.8, 4) is 0 Å². The summed E-state index contributed by atoms with van der Waals surface area (Å²) in [6.07, 6.45) is 7.25. The number of piperidine rings is 1. The van der Waals surface area contributed by atoms with Crippen LogP contribution in [-0.2, 0) is 0 Å². The number of hydrogen-bond acceptors (Lipinski definition) is 1. The molecule has 1 heteroatoms. The SMILES string of the molecule is C1C[C@@H]2CC[C@@H](C1)N2. The summed E-state index contributed by atoms with van der Waals surface area (Å²) in [6, 6.07) is 1.82. The summed E-state index contributed by atoms with van der Waals surface area (Å²) in [5.41, 5.74) is 0. The molecule has 0 aromatic carbocycles. The van der Waals surface area contributed by atoms with Crippen LogP contribution in [0.4, 0.5) is 0 Å². The van der Waals surface area contributed by atoms with E-state index in [0.717, 1.165) is 12.1 Å². The number of fused-ring (bicyclic) bond motifs is 2. The first-order valence-electron chi connectivity index (χ1n) is 3.71. The highest BCUT2D eigenvalue weighted by Gasteiger charge is 2.26. The van der Waals surface area contributed by atoms with Crippen LogP contribution < -0.4 is 5.32 Å². The third-order valence-corrected chi connectivity index (χ3v) is 2.44. The van der Waals surface area contributed by atoms with Gasteiger partial charge in [-0.25, -0.2) is 0 Å². The molecule has 0 saturated carbocycles. The molecular formula is C7H13N. The largest absolute Gasteiger partial charge is 0.311 e. The van der Waals surface area contributed by atoms with Gasteiger partial charge in [-0.1, -0.05) is 6.42 Å². The molecular weight excluding hydrogens is 98.1 g/mol. The van der Waals surface area contributed by atoms with Gasteiger partial charge in [-0.15, -0.1) is 0 Å². The second kappa shape index (κ2) is 1.73. The molecule has 0 aliphatic carbocycles. The van der Waals surface area contributed by atoms with E-state index in [1.807, 2.05) is 0 Å². The fourth-order valence-corrected chi connectivity index (χ4v) is 1.97. The Hall–Kier alpha value is -0.0400. The average molecular weight is 111 g/mol. The minimum atomic E-state index is 0.911. The average Bonchev–Trinajstić information content (AvgIpc) is 2.12. The van der Waals surface area contributed by atoms with E-state index in [9.17, 15) is 0 Å². The van der Waals surface area contributed by atoms with E-state index >= 15 is 0 Å². The van der Waals surface area contributed by atoms with Gasteiger partial charge in [-0.3, -0.25) is 0 Å². The summed E-state index contributed by atoms with van der Waals surface area (Å²) in [7, 11) is 0. The first kappa shape index (κ1) is 4.80. The molecule has 1 nitrogen and oxygen atoms in total. The zero-order valence-electron chi connectivity index (χ0n) is 5.19. The molecule has 46 valence electrons. The topological polar surface area (TPSA) is 12.0 Å². The third kappa shape index (κ3) is 0.655. The van der Waals surface area contributed by atoms with Crippen molar-refractivity contribution in [2.24, 2.45) is 0 Å². The van der Waals surface area contributed by atoms with Gasteiger partial charge in [0.2, 0.25) is 0 Å². The molecule has 8 heavy (non-hydrogen) atoms. The summed E-state index contributed by atoms with van der Waals surface area (Å²) in [4.78, 5) is 0. The van der Waals surface area contributed by atoms with E-state index in [-0.39, 0.29) is 0 Å². The van der Waals surface area contributed by atoms with Crippen molar-refractivity contribution in [2.45, 2.75) is 44.2 Å². The van der Waals surface area contributed by atoms with Crippen LogP contribution in [0.3, 0.4) is 0 Å². The van der Waals surface area contributed by atoms with Crippen molar-refractivity contribution in [3.05, 3.63) is 0 Å². The lowest BCUT2D eigenvalue weighted by Gasteiger charge is -2.19. The number of hydrogen-bond donors (Lipinski definition) is 1. The molecule has 2 atom stereocenters. The molecule has 1 N–H and O–H groups in total. The van der Waals surface area contributed by atoms with Crippen LogP contribution in [-0.4, -0.2) is 12.1 Å². The number of rotatable bonds is 0. The quantitative estimate of drug-likeness (QED) is 0.496. The Labute approximate surface area is 50.5 Å². The number of nitrogens with one attached hydrogen (secondary N) is 1. The predicted molar refractivity (Wildman–Crippen MR) is 33.8 cm³/mol. The van der Waals surface area contributed by atoms with Gasteiger partial charge < -0.3 is 5.32 Å². The van der Waals surface area contributed by atoms with Crippen LogP contribution in [0.15, 0.2) is 0 Å². The van der Waals surface area contributed by atoms with Crippen LogP contribution in [0.5, 0.6) is 0 Å². The highest BCUT2D eigenvalue weighted by atomic mass is 15.0. The maximum absolute atomic E-state index is 3.59. The Bertz CT molecular complexity index is 76.4. The Kier molecular flexibility index (Phi) is 1.04. The summed E-state index contributed by atoms with van der Waals surface area (Å²) in [5, 5.41) is 3.59. The highest BCUT2D eigenvalue weighted by Crippen LogP contribution is 2.25. The Morgan fingerprint density at radius 2 is 1.50 bits per heavy atom. The van der Waals surface area contributed by atoms with E-state index in [0.29, 0.717) is 0 Å². The fraction of sp³-hybridized carbons (Fsp3) is 1.00. The van der Waals surface area contributed by atoms with Crippen LogP contribution in [0.2, 0.25) is 0 Å². The normalized spacial score (nSPS) is 45.0. The second-order valence-electron chi connectivity index (χ2n) is 3.07. The van der Waals surface area contributed by atoms with E-state index in [2.05, 4.69) is 5.32 Å². The standard InChI is InChI=1S/C7H13N/c1-2-6-4-5-7(3-1)8-6/h6-8H,1-5H2/t6-,7-/m1/s1. The lowest BCUT2D eigenvalue weighted by molar-refractivity contribution is 0.406. The van der Waals surface area contributed by atoms with Crippen molar-refractivity contribution < 1.29 is 0 Å². The van der Waals surface area contributed by atoms with Crippen LogP contribution in [0.1, 0.15) is 32.1 Å². The van der Waals surface area contributed by atoms with E-state index in [4.69, 9.17) is 0 Å². The van der Waals surface area contributed by atoms with Gasteiger partial charge in [-0.2, -0.15) is 0 Å². The fourth-order valence-electron chi connectivity index (χ4n) is 1.97. The highest BCUT2D eigenvalue weighted by molar-refractivity contribution is 4.87. The van der Waals surface area contributed by atoms with E-state index in [1.54, 1.807) is 0 Å². The molecule has 2 fully saturated rings. The summed E-state index contributed by atoms with van der Waals surface area (Å²) in [6.45, 7) is 0. The van der Waals surface area contributed by atoms with Gasteiger partial charge >= 0.3 is 0 Å². The molecule has 0 aromatic heterocycles. The van der Waals surface area contributed by atoms with Gasteiger partial charge in [0.05, 0.1) is 0 Å². The Balaban J connectivity index is 2.03. The van der Waals surface area contributed by atoms with Gasteiger partial charge in [0.25, 0.3) is 0 Å². The van der Waals surface area contributed by atoms with Crippen molar-refractivity contribution in [3.63, 3.8) is 0 Å². The van der Waals surface area contributed by atoms with Crippen LogP contribution in [0.25, 0.3) is 0 Å². The Morgan fingerprint density at radius 1 is 0.875 bits per heavy atom. The van der Waals surface area contributed by atoms with Gasteiger partial charge in [0.15, 0.2) is 0 Å². The van der Waals surface area contributed by atoms with Crippen LogP contribution >= 0.6 is 0 Å². The van der Waals surface area contributed by atoms with Gasteiger partial charge in [-0.05, 0) is 25.7 Å². The predicted octanol–water partition coefficient (Wildman–Crippen LogP) is 1.29. The third-order valence-electron chi connectivity index (χ3n) is 2.44. The zero-order valence-corrected chi connectivity index (χ0v) is 5.19. The smallest absolute Gasteiger partial charge is 0.00702 e. The minimum Gasteiger partial charge on any atom is -0.311 e. The Morgan fingerprint density at radius 3 is 2.00 bits per heavy atom. The monoisotopic (exact) mass is 111 g/mol. The van der Waals surface area contributed by atoms with Crippen molar-refractivity contribution in [2.75, 3.05) is 0 Å². The molecule has 2 rings (SSSR count). The molecule has 0 radical (unpaired) electrons. The van der Waals surface area contributed by atoms with Crippen molar-refractivity contribution >= 4 is 0 Å². The van der Waals surface area contributed by atoms with E-state index in [1.165, 1.54) is 32.1 Å². The van der Waals surface area contributed by atoms with Crippen molar-refractivity contribution in [1.29, 1.82) is 0 Å². The molecule has 2 aliphatic heterocycles. The van der Waals surface area contributed by atoms with Gasteiger partial charge in [0, 0.05) is 12.1 Å². The first-order chi connectivity index (χ1) is 3.95. The molecule has 0 amide bonds. The zero-order chi connectivity index (χ0) is 5.40. The maximum atomic E-state index is 3.59. The lowest BCUT2D eigenvalue weighted by Crippen LogP contribution is -2.33. The molecule has 0 spiro atoms. The minimum absolute atomic E-state index is 0.911. The van der Waals surface area contributed by atoms with Crippen LogP contribution in [0, 0.1) is 0 Å². The molecule has 2 saturated heterocycles. The molecule has 2 heterocycles. The maximum Gasteiger partial charge on any atom is 0.00702 e. The molecule has 0 unspecified atom stereocenters. The van der Waals surface area contributed by atoms with E-state index < -0.39 is 0 Å². The van der Waals surface area contributed by atoms with Crippen molar-refractivity contribution in [1.82, 2.24) is 5.32 Å². The molecule has 2 aliphatic rings. The summed E-state index contributed by atoms with van der Waals surface area (Å²) >= 11 is 0. The first-order valence-corrected chi connectivity index (χ1v) is 3.71. The lowest BCUT2D eigenvalue weighted by atomic mass is 10.1. The van der Waals surface area contributed by atoms with Gasteiger partial charge in [0.1, 0.15) is 0 Å². The summed E-state index contributed by atoms with van der Waals surface area (Å²) < 4.78 is 0. The summed E-state index contributed by atoms with van der Waals surface area (Å²) in [5.74, 6) is 0. The molecule has 0 aromatic rings.